The fourth-order valence-corrected chi connectivity index (χ4v) is 8.83. The van der Waals surface area contributed by atoms with Gasteiger partial charge in [0.05, 0.1) is 49.9 Å². The molecule has 0 amide bonds. The molecule has 7 aromatic rings. The minimum absolute atomic E-state index is 0.336. The molecule has 1 aromatic heterocycles. The van der Waals surface area contributed by atoms with E-state index >= 15 is 0 Å². The van der Waals surface area contributed by atoms with Gasteiger partial charge in [-0.3, -0.25) is 0 Å². The number of nitrogens with zero attached hydrogens (tertiary/aromatic N) is 1. The van der Waals surface area contributed by atoms with Crippen LogP contribution in [0, 0.1) is 0 Å². The molecule has 3 nitrogen and oxygen atoms in total. The molecule has 0 radical (unpaired) electrons. The van der Waals surface area contributed by atoms with Crippen LogP contribution < -0.4 is 26.4 Å². The first kappa shape index (κ1) is 63.6. The summed E-state index contributed by atoms with van der Waals surface area (Å²) in [5.41, 5.74) is -28.8. The number of rotatable bonds is 7. The number of halogens is 27. The Bertz CT molecular complexity index is 3010. The van der Waals surface area contributed by atoms with Gasteiger partial charge in [0, 0.05) is 11.6 Å². The van der Waals surface area contributed by atoms with E-state index in [1.807, 2.05) is 66.9 Å². The maximum absolute atomic E-state index is 14.2. The number of hydrogen-bond acceptors (Lipinski definition) is 2. The topological polar surface area (TPSA) is 30.2 Å². The normalized spacial score (nSPS) is 13.5. The number of aromatic nitrogens is 1. The van der Waals surface area contributed by atoms with Gasteiger partial charge in [-0.15, -0.1) is 0 Å². The highest BCUT2D eigenvalue weighted by atomic mass is 35.6. The predicted molar refractivity (Wildman–Crippen MR) is 245 cm³/mol. The van der Waals surface area contributed by atoms with Gasteiger partial charge in [0.1, 0.15) is 6.15 Å². The Kier molecular flexibility index (Phi) is 17.3. The zero-order chi connectivity index (χ0) is 61.1. The number of hydrogen-bond donors (Lipinski definition) is 0. The molecule has 434 valence electrons. The molecule has 0 atom stereocenters. The standard InChI is InChI=1S/C32H12BF24.C18H13Cl3NO2/c34-25(35,36)13-1-14(26(37,38)39)6-21(5-13)33(22-7-15(27(40,41)42)2-16(8-22)28(43,44)45,23-9-17(29(46,47)48)3-18(10-23)30(49,50)51)24-11-19(31(52,53)54)4-20(12-24)32(55,56)57;19-18(20,21)24-17(23)16-15-9-5-4-8-14(15)10-11-22(16)12-13-6-2-1-3-7-13/h1-12H;1-11H,12H2/q-1;+1. The highest BCUT2D eigenvalue weighted by Gasteiger charge is 2.47. The third-order valence-corrected chi connectivity index (χ3v) is 12.2. The van der Waals surface area contributed by atoms with E-state index in [0.717, 1.165) is 16.3 Å². The second-order valence-corrected chi connectivity index (χ2v) is 19.6. The number of ether oxygens (including phenoxy) is 1. The van der Waals surface area contributed by atoms with Gasteiger partial charge in [-0.05, 0) is 70.5 Å². The molecule has 6 aromatic carbocycles. The van der Waals surface area contributed by atoms with Gasteiger partial charge in [0.25, 0.3) is 5.69 Å². The van der Waals surface area contributed by atoms with Crippen molar-refractivity contribution in [1.82, 2.24) is 0 Å². The third kappa shape index (κ3) is 14.9. The molecule has 0 unspecified atom stereocenters. The second-order valence-electron chi connectivity index (χ2n) is 17.4. The first-order chi connectivity index (χ1) is 36.7. The Morgan fingerprint density at radius 3 is 0.926 bits per heavy atom. The van der Waals surface area contributed by atoms with Crippen molar-refractivity contribution < 1.29 is 119 Å². The molecule has 0 aliphatic rings. The average molecular weight is 1240 g/mol. The maximum Gasteiger partial charge on any atom is 0.416 e. The van der Waals surface area contributed by atoms with Gasteiger partial charge in [0.2, 0.25) is 0 Å². The van der Waals surface area contributed by atoms with Crippen molar-refractivity contribution in [3.05, 3.63) is 195 Å². The molecule has 0 bridgehead atoms. The molecule has 31 heteroatoms. The lowest BCUT2D eigenvalue weighted by Crippen LogP contribution is -2.75. The quantitative estimate of drug-likeness (QED) is 0.0523. The van der Waals surface area contributed by atoms with E-state index in [0.29, 0.717) is 12.2 Å². The van der Waals surface area contributed by atoms with E-state index in [1.165, 1.54) is 0 Å². The van der Waals surface area contributed by atoms with Crippen LogP contribution >= 0.6 is 34.8 Å². The van der Waals surface area contributed by atoms with Crippen molar-refractivity contribution in [3.63, 3.8) is 0 Å². The van der Waals surface area contributed by atoms with Crippen molar-refractivity contribution in [2.24, 2.45) is 0 Å². The van der Waals surface area contributed by atoms with Crippen LogP contribution in [0.5, 0.6) is 0 Å². The van der Waals surface area contributed by atoms with Gasteiger partial charge in [-0.25, -0.2) is 4.79 Å². The largest absolute Gasteiger partial charge is 0.416 e. The van der Waals surface area contributed by atoms with Crippen molar-refractivity contribution in [1.29, 1.82) is 0 Å². The molecule has 7 rings (SSSR count). The zero-order valence-electron chi connectivity index (χ0n) is 39.0. The molecular weight excluding hydrogens is 1220 g/mol. The summed E-state index contributed by atoms with van der Waals surface area (Å²) >= 11 is 16.9. The third-order valence-electron chi connectivity index (χ3n) is 12.0. The van der Waals surface area contributed by atoms with Crippen molar-refractivity contribution in [3.8, 4) is 0 Å². The van der Waals surface area contributed by atoms with Crippen LogP contribution in [-0.2, 0) is 60.7 Å². The fourth-order valence-electron chi connectivity index (χ4n) is 8.62. The summed E-state index contributed by atoms with van der Waals surface area (Å²) in [4.78, 5) is 12.6. The van der Waals surface area contributed by atoms with Gasteiger partial charge in [-0.2, -0.15) is 132 Å². The lowest BCUT2D eigenvalue weighted by atomic mass is 9.12. The van der Waals surface area contributed by atoms with Gasteiger partial charge in [0.15, 0.2) is 12.7 Å². The van der Waals surface area contributed by atoms with E-state index in [9.17, 15) is 110 Å². The molecule has 1 heterocycles. The van der Waals surface area contributed by atoms with E-state index in [1.54, 1.807) is 4.57 Å². The maximum atomic E-state index is 14.2. The Labute approximate surface area is 453 Å². The zero-order valence-corrected chi connectivity index (χ0v) is 41.3. The summed E-state index contributed by atoms with van der Waals surface area (Å²) in [6.45, 7) is 0.496. The van der Waals surface area contributed by atoms with E-state index in [4.69, 9.17) is 39.5 Å². The Morgan fingerprint density at radius 2 is 0.654 bits per heavy atom. The average Bonchev–Trinajstić information content (AvgIpc) is 3.53. The Balaban J connectivity index is 0.000000363. The summed E-state index contributed by atoms with van der Waals surface area (Å²) in [6, 6.07) is 10.4. The monoisotopic (exact) mass is 1240 g/mol. The second kappa shape index (κ2) is 22.0. The Hall–Kier alpha value is -6.55. The molecule has 0 aliphatic heterocycles. The number of esters is 1. The molecular formula is C50H25BCl3F24NO2. The lowest BCUT2D eigenvalue weighted by Gasteiger charge is -2.46. The lowest BCUT2D eigenvalue weighted by molar-refractivity contribution is -0.689. The summed E-state index contributed by atoms with van der Waals surface area (Å²) in [5.74, 6) is -0.692. The molecule has 0 fully saturated rings. The van der Waals surface area contributed by atoms with Crippen LogP contribution in [-0.4, -0.2) is 16.1 Å². The summed E-state index contributed by atoms with van der Waals surface area (Å²) in [6.07, 6.45) is -53.0. The van der Waals surface area contributed by atoms with E-state index in [-0.39, 0.29) is 0 Å². The molecule has 0 aliphatic carbocycles. The number of alkyl halides is 27. The highest BCUT2D eigenvalue weighted by molar-refractivity contribution is 7.20. The molecule has 0 saturated carbocycles. The predicted octanol–water partition coefficient (Wildman–Crippen LogP) is 15.9. The first-order valence-electron chi connectivity index (χ1n) is 21.8. The highest BCUT2D eigenvalue weighted by Crippen LogP contribution is 2.42. The molecule has 81 heavy (non-hydrogen) atoms. The van der Waals surface area contributed by atoms with Crippen molar-refractivity contribution >= 4 is 79.5 Å². The van der Waals surface area contributed by atoms with Crippen LogP contribution in [0.25, 0.3) is 10.8 Å². The van der Waals surface area contributed by atoms with Crippen molar-refractivity contribution in [2.75, 3.05) is 0 Å². The number of pyridine rings is 1. The van der Waals surface area contributed by atoms with Gasteiger partial charge < -0.3 is 4.74 Å². The van der Waals surface area contributed by atoms with E-state index < -0.39 is 205 Å². The number of carbonyl (C=O) groups is 1. The molecule has 0 spiro atoms. The first-order valence-corrected chi connectivity index (χ1v) is 22.9. The van der Waals surface area contributed by atoms with Crippen LogP contribution in [0.15, 0.2) is 140 Å². The van der Waals surface area contributed by atoms with Crippen LogP contribution in [0.2, 0.25) is 0 Å². The van der Waals surface area contributed by atoms with Crippen molar-refractivity contribution in [2.45, 2.75) is 59.9 Å². The minimum atomic E-state index is -6.13. The number of benzene rings is 6. The molecule has 0 saturated heterocycles. The van der Waals surface area contributed by atoms with Gasteiger partial charge in [-0.1, -0.05) is 97.1 Å². The van der Waals surface area contributed by atoms with Crippen LogP contribution in [0.1, 0.15) is 60.6 Å². The van der Waals surface area contributed by atoms with E-state index in [2.05, 4.69) is 0 Å². The van der Waals surface area contributed by atoms with Crippen LogP contribution in [0.4, 0.5) is 105 Å². The smallest absolute Gasteiger partial charge is 0.406 e. The SMILES string of the molecule is FC(F)(F)c1cc([B-](c2cc(C(F)(F)F)cc(C(F)(F)F)c2)(c2cc(C(F)(F)F)cc(C(F)(F)F)c2)c2cc(C(F)(F)F)cc(C(F)(F)F)c2)cc(C(F)(F)F)c1.O=C(OC(Cl)(Cl)Cl)c1c2ccccc2cc[n+]1Cc1ccccc1. The van der Waals surface area contributed by atoms with Crippen LogP contribution in [0.3, 0.4) is 0 Å². The fraction of sp³-hybridized carbons (Fsp3) is 0.200. The number of carbonyl (C=O) groups excluding carboxylic acids is 1. The Morgan fingerprint density at radius 1 is 0.383 bits per heavy atom. The summed E-state index contributed by atoms with van der Waals surface area (Å²) in [7, 11) is 0. The number of fused-ring (bicyclic) bond motifs is 1. The minimum Gasteiger partial charge on any atom is -0.406 e. The summed E-state index contributed by atoms with van der Waals surface area (Å²) in [5, 5.41) is 1.63. The molecule has 0 N–H and O–H groups in total. The summed E-state index contributed by atoms with van der Waals surface area (Å²) < 4.78 is 345. The van der Waals surface area contributed by atoms with Gasteiger partial charge >= 0.3 is 59.4 Å².